The Kier molecular flexibility index (Phi) is 2.87. The highest BCUT2D eigenvalue weighted by atomic mass is 14.7. The number of hydrogen-bond acceptors (Lipinski definition) is 2. The van der Waals surface area contributed by atoms with Gasteiger partial charge in [-0.05, 0) is 17.7 Å². The van der Waals surface area contributed by atoms with Crippen LogP contribution in [0.25, 0.3) is 0 Å². The maximum Gasteiger partial charge on any atom is 0.0419 e. The van der Waals surface area contributed by atoms with Crippen molar-refractivity contribution in [3.05, 3.63) is 35.4 Å². The standard InChI is InChI=1S/C10H12N2/c1-2-8-3-5-9(6-4-8)10(12)7-11/h1,3-6,10H,7,11-12H2/t10-/m1/s1. The molecule has 0 spiro atoms. The molecular formula is C10H12N2. The molecule has 0 aromatic heterocycles. The van der Waals surface area contributed by atoms with Gasteiger partial charge in [0.15, 0.2) is 0 Å². The molecule has 0 saturated carbocycles. The van der Waals surface area contributed by atoms with Gasteiger partial charge in [0.25, 0.3) is 0 Å². The van der Waals surface area contributed by atoms with E-state index in [9.17, 15) is 0 Å². The van der Waals surface area contributed by atoms with Gasteiger partial charge in [-0.2, -0.15) is 0 Å². The first-order valence-electron chi connectivity index (χ1n) is 3.80. The van der Waals surface area contributed by atoms with Gasteiger partial charge in [0.1, 0.15) is 0 Å². The molecule has 0 radical (unpaired) electrons. The normalized spacial score (nSPS) is 12.1. The Morgan fingerprint density at radius 2 is 1.92 bits per heavy atom. The van der Waals surface area contributed by atoms with E-state index in [1.165, 1.54) is 0 Å². The van der Waals surface area contributed by atoms with Gasteiger partial charge in [0.2, 0.25) is 0 Å². The van der Waals surface area contributed by atoms with Crippen molar-refractivity contribution in [2.75, 3.05) is 6.54 Å². The lowest BCUT2D eigenvalue weighted by Crippen LogP contribution is -2.20. The van der Waals surface area contributed by atoms with Crippen LogP contribution in [0.5, 0.6) is 0 Å². The molecule has 1 atom stereocenters. The molecule has 0 bridgehead atoms. The van der Waals surface area contributed by atoms with E-state index in [1.54, 1.807) is 0 Å². The maximum absolute atomic E-state index is 5.71. The lowest BCUT2D eigenvalue weighted by molar-refractivity contribution is 0.737. The van der Waals surface area contributed by atoms with Crippen LogP contribution in [0.2, 0.25) is 0 Å². The van der Waals surface area contributed by atoms with Crippen molar-refractivity contribution in [3.8, 4) is 12.3 Å². The van der Waals surface area contributed by atoms with Crippen LogP contribution in [0, 0.1) is 12.3 Å². The molecule has 1 aromatic carbocycles. The minimum Gasteiger partial charge on any atom is -0.329 e. The molecule has 2 nitrogen and oxygen atoms in total. The van der Waals surface area contributed by atoms with Gasteiger partial charge >= 0.3 is 0 Å². The summed E-state index contributed by atoms with van der Waals surface area (Å²) in [5.41, 5.74) is 13.0. The molecule has 0 saturated heterocycles. The van der Waals surface area contributed by atoms with Crippen LogP contribution in [-0.2, 0) is 0 Å². The maximum atomic E-state index is 5.71. The minimum absolute atomic E-state index is 0.0863. The fourth-order valence-electron chi connectivity index (χ4n) is 0.963. The van der Waals surface area contributed by atoms with E-state index < -0.39 is 0 Å². The molecule has 1 rings (SSSR count). The highest BCUT2D eigenvalue weighted by Gasteiger charge is 2.01. The van der Waals surface area contributed by atoms with Crippen molar-refractivity contribution in [1.29, 1.82) is 0 Å². The largest absolute Gasteiger partial charge is 0.329 e. The lowest BCUT2D eigenvalue weighted by Gasteiger charge is -2.07. The number of nitrogens with two attached hydrogens (primary N) is 2. The fraction of sp³-hybridized carbons (Fsp3) is 0.200. The van der Waals surface area contributed by atoms with Gasteiger partial charge in [-0.25, -0.2) is 0 Å². The Morgan fingerprint density at radius 1 is 1.33 bits per heavy atom. The van der Waals surface area contributed by atoms with Crippen molar-refractivity contribution in [3.63, 3.8) is 0 Å². The van der Waals surface area contributed by atoms with E-state index in [0.29, 0.717) is 6.54 Å². The quantitative estimate of drug-likeness (QED) is 0.623. The average molecular weight is 160 g/mol. The topological polar surface area (TPSA) is 52.0 Å². The molecule has 0 amide bonds. The molecule has 0 aliphatic carbocycles. The van der Waals surface area contributed by atoms with Crippen LogP contribution < -0.4 is 11.5 Å². The third-order valence-corrected chi connectivity index (χ3v) is 1.76. The summed E-state index contributed by atoms with van der Waals surface area (Å²) in [6.07, 6.45) is 5.20. The summed E-state index contributed by atoms with van der Waals surface area (Å²) >= 11 is 0. The molecule has 0 fully saturated rings. The van der Waals surface area contributed by atoms with Gasteiger partial charge in [-0.15, -0.1) is 6.42 Å². The summed E-state index contributed by atoms with van der Waals surface area (Å²) in [6, 6.07) is 7.46. The Bertz CT molecular complexity index is 282. The Balaban J connectivity index is 2.86. The van der Waals surface area contributed by atoms with Crippen molar-refractivity contribution in [1.82, 2.24) is 0 Å². The zero-order valence-electron chi connectivity index (χ0n) is 6.83. The van der Waals surface area contributed by atoms with Gasteiger partial charge < -0.3 is 11.5 Å². The first kappa shape index (κ1) is 8.79. The monoisotopic (exact) mass is 160 g/mol. The molecule has 0 aliphatic heterocycles. The Labute approximate surface area is 72.6 Å². The van der Waals surface area contributed by atoms with E-state index in [-0.39, 0.29) is 6.04 Å². The van der Waals surface area contributed by atoms with E-state index in [1.807, 2.05) is 24.3 Å². The Morgan fingerprint density at radius 3 is 2.33 bits per heavy atom. The van der Waals surface area contributed by atoms with Crippen molar-refractivity contribution < 1.29 is 0 Å². The van der Waals surface area contributed by atoms with Gasteiger partial charge in [-0.3, -0.25) is 0 Å². The molecule has 4 N–H and O–H groups in total. The van der Waals surface area contributed by atoms with Gasteiger partial charge in [0.05, 0.1) is 0 Å². The molecule has 0 heterocycles. The molecule has 12 heavy (non-hydrogen) atoms. The zero-order chi connectivity index (χ0) is 8.97. The van der Waals surface area contributed by atoms with Crippen LogP contribution >= 0.6 is 0 Å². The first-order valence-corrected chi connectivity index (χ1v) is 3.80. The van der Waals surface area contributed by atoms with Gasteiger partial charge in [0, 0.05) is 18.2 Å². The highest BCUT2D eigenvalue weighted by Crippen LogP contribution is 2.09. The zero-order valence-corrected chi connectivity index (χ0v) is 6.83. The summed E-state index contributed by atoms with van der Waals surface area (Å²) in [4.78, 5) is 0. The molecule has 62 valence electrons. The fourth-order valence-corrected chi connectivity index (χ4v) is 0.963. The van der Waals surface area contributed by atoms with E-state index in [4.69, 9.17) is 17.9 Å². The third-order valence-electron chi connectivity index (χ3n) is 1.76. The van der Waals surface area contributed by atoms with Crippen LogP contribution in [-0.4, -0.2) is 6.54 Å². The van der Waals surface area contributed by atoms with E-state index in [0.717, 1.165) is 11.1 Å². The number of hydrogen-bond donors (Lipinski definition) is 2. The van der Waals surface area contributed by atoms with Crippen LogP contribution in [0.4, 0.5) is 0 Å². The second-order valence-corrected chi connectivity index (χ2v) is 2.61. The molecule has 1 aromatic rings. The summed E-state index contributed by atoms with van der Waals surface area (Å²) in [5, 5.41) is 0. The second kappa shape index (κ2) is 3.91. The smallest absolute Gasteiger partial charge is 0.0419 e. The van der Waals surface area contributed by atoms with Crippen molar-refractivity contribution >= 4 is 0 Å². The van der Waals surface area contributed by atoms with E-state index >= 15 is 0 Å². The predicted molar refractivity (Wildman–Crippen MR) is 50.4 cm³/mol. The van der Waals surface area contributed by atoms with Crippen LogP contribution in [0.15, 0.2) is 24.3 Å². The lowest BCUT2D eigenvalue weighted by atomic mass is 10.1. The van der Waals surface area contributed by atoms with Crippen LogP contribution in [0.3, 0.4) is 0 Å². The Hall–Kier alpha value is -1.30. The predicted octanol–water partition coefficient (Wildman–Crippen LogP) is 0.626. The summed E-state index contributed by atoms with van der Waals surface area (Å²) in [5.74, 6) is 2.54. The SMILES string of the molecule is C#Cc1ccc([C@H](N)CN)cc1. The number of benzene rings is 1. The van der Waals surface area contributed by atoms with Gasteiger partial charge in [-0.1, -0.05) is 18.1 Å². The summed E-state index contributed by atoms with van der Waals surface area (Å²) in [7, 11) is 0. The molecule has 0 unspecified atom stereocenters. The summed E-state index contributed by atoms with van der Waals surface area (Å²) in [6.45, 7) is 0.454. The van der Waals surface area contributed by atoms with Crippen LogP contribution in [0.1, 0.15) is 17.2 Å². The molecule has 0 aliphatic rings. The summed E-state index contributed by atoms with van der Waals surface area (Å²) < 4.78 is 0. The minimum atomic E-state index is -0.0863. The number of terminal acetylenes is 1. The molecule has 2 heteroatoms. The third kappa shape index (κ3) is 1.85. The van der Waals surface area contributed by atoms with Crippen molar-refractivity contribution in [2.45, 2.75) is 6.04 Å². The first-order chi connectivity index (χ1) is 5.77. The van der Waals surface area contributed by atoms with Crippen molar-refractivity contribution in [2.24, 2.45) is 11.5 Å². The highest BCUT2D eigenvalue weighted by molar-refractivity contribution is 5.35. The second-order valence-electron chi connectivity index (χ2n) is 2.61. The molecular weight excluding hydrogens is 148 g/mol. The number of rotatable bonds is 2. The van der Waals surface area contributed by atoms with E-state index in [2.05, 4.69) is 5.92 Å². The average Bonchev–Trinajstić information content (AvgIpc) is 2.17.